The van der Waals surface area contributed by atoms with Gasteiger partial charge >= 0.3 is 6.18 Å². The van der Waals surface area contributed by atoms with E-state index in [-0.39, 0.29) is 5.88 Å². The highest BCUT2D eigenvalue weighted by Crippen LogP contribution is 2.36. The van der Waals surface area contributed by atoms with Crippen LogP contribution in [0.1, 0.15) is 12.0 Å². The number of thiazole rings is 1. The summed E-state index contributed by atoms with van der Waals surface area (Å²) in [6.07, 6.45) is -2.83. The molecule has 0 bridgehead atoms. The van der Waals surface area contributed by atoms with Gasteiger partial charge in [-0.15, -0.1) is 11.3 Å². The van der Waals surface area contributed by atoms with E-state index in [4.69, 9.17) is 19.2 Å². The number of pyridine rings is 1. The summed E-state index contributed by atoms with van der Waals surface area (Å²) < 4.78 is 55.0. The fraction of sp³-hybridized carbons (Fsp3) is 0.167. The standard InChI is InChI=1S/C24H17F3N2O3S/c25-24(26,27)17-5-9-22(28-13-17)32-18-6-2-15(3-7-18)23-29-19(14-33-23)16-4-8-20-21(12-16)31-11-1-10-30-20/h2-9,12-14H,1,10-11H2. The van der Waals surface area contributed by atoms with Crippen molar-refractivity contribution < 1.29 is 27.4 Å². The SMILES string of the molecule is FC(F)(F)c1ccc(Oc2ccc(-c3nc(-c4ccc5c(c4)OCCCO5)cs3)cc2)nc1. The third-order valence-electron chi connectivity index (χ3n) is 4.93. The number of benzene rings is 2. The minimum atomic E-state index is -4.43. The van der Waals surface area contributed by atoms with Gasteiger partial charge < -0.3 is 14.2 Å². The van der Waals surface area contributed by atoms with E-state index in [2.05, 4.69) is 4.98 Å². The average Bonchev–Trinajstić information content (AvgIpc) is 3.18. The number of fused-ring (bicyclic) bond motifs is 1. The zero-order valence-corrected chi connectivity index (χ0v) is 17.9. The van der Waals surface area contributed by atoms with Crippen molar-refractivity contribution in [3.05, 3.63) is 71.7 Å². The molecule has 168 valence electrons. The van der Waals surface area contributed by atoms with Gasteiger partial charge in [0.2, 0.25) is 5.88 Å². The molecule has 4 aromatic rings. The Kier molecular flexibility index (Phi) is 5.63. The maximum absolute atomic E-state index is 12.7. The molecular weight excluding hydrogens is 453 g/mol. The molecule has 3 heterocycles. The number of halogens is 3. The smallest absolute Gasteiger partial charge is 0.417 e. The van der Waals surface area contributed by atoms with Crippen LogP contribution in [0.25, 0.3) is 21.8 Å². The summed E-state index contributed by atoms with van der Waals surface area (Å²) >= 11 is 1.51. The number of rotatable bonds is 4. The van der Waals surface area contributed by atoms with Crippen molar-refractivity contribution in [3.8, 4) is 45.0 Å². The molecule has 0 amide bonds. The first kappa shape index (κ1) is 21.3. The van der Waals surface area contributed by atoms with Crippen LogP contribution in [0.15, 0.2) is 66.2 Å². The highest BCUT2D eigenvalue weighted by Gasteiger charge is 2.30. The summed E-state index contributed by atoms with van der Waals surface area (Å²) in [4.78, 5) is 8.45. The first-order chi connectivity index (χ1) is 16.0. The maximum atomic E-state index is 12.7. The first-order valence-electron chi connectivity index (χ1n) is 10.1. The Morgan fingerprint density at radius 3 is 2.36 bits per heavy atom. The molecule has 0 spiro atoms. The van der Waals surface area contributed by atoms with Gasteiger partial charge in [-0.2, -0.15) is 13.2 Å². The molecule has 33 heavy (non-hydrogen) atoms. The van der Waals surface area contributed by atoms with Gasteiger partial charge in [0.25, 0.3) is 0 Å². The van der Waals surface area contributed by atoms with Crippen LogP contribution in [0.3, 0.4) is 0 Å². The molecule has 1 aliphatic heterocycles. The van der Waals surface area contributed by atoms with Crippen molar-refractivity contribution in [1.29, 1.82) is 0 Å². The Labute approximate surface area is 191 Å². The molecule has 9 heteroatoms. The van der Waals surface area contributed by atoms with Gasteiger partial charge in [0.1, 0.15) is 10.8 Å². The van der Waals surface area contributed by atoms with Gasteiger partial charge in [-0.05, 0) is 48.5 Å². The lowest BCUT2D eigenvalue weighted by molar-refractivity contribution is -0.137. The lowest BCUT2D eigenvalue weighted by atomic mass is 10.1. The highest BCUT2D eigenvalue weighted by atomic mass is 32.1. The monoisotopic (exact) mass is 470 g/mol. The molecule has 0 unspecified atom stereocenters. The van der Waals surface area contributed by atoms with Gasteiger partial charge in [-0.3, -0.25) is 0 Å². The van der Waals surface area contributed by atoms with Crippen molar-refractivity contribution >= 4 is 11.3 Å². The molecule has 0 fully saturated rings. The van der Waals surface area contributed by atoms with E-state index in [1.54, 1.807) is 12.1 Å². The van der Waals surface area contributed by atoms with Gasteiger partial charge in [0.05, 0.1) is 24.5 Å². The predicted molar refractivity (Wildman–Crippen MR) is 118 cm³/mol. The summed E-state index contributed by atoms with van der Waals surface area (Å²) in [7, 11) is 0. The fourth-order valence-electron chi connectivity index (χ4n) is 3.26. The second-order valence-electron chi connectivity index (χ2n) is 7.26. The molecule has 0 saturated carbocycles. The van der Waals surface area contributed by atoms with Crippen LogP contribution in [-0.2, 0) is 6.18 Å². The van der Waals surface area contributed by atoms with Crippen LogP contribution in [-0.4, -0.2) is 23.2 Å². The maximum Gasteiger partial charge on any atom is 0.417 e. The van der Waals surface area contributed by atoms with E-state index >= 15 is 0 Å². The van der Waals surface area contributed by atoms with E-state index in [0.29, 0.717) is 19.0 Å². The minimum Gasteiger partial charge on any atom is -0.490 e. The van der Waals surface area contributed by atoms with Crippen molar-refractivity contribution in [2.45, 2.75) is 12.6 Å². The molecule has 0 N–H and O–H groups in total. The quantitative estimate of drug-likeness (QED) is 0.327. The highest BCUT2D eigenvalue weighted by molar-refractivity contribution is 7.13. The van der Waals surface area contributed by atoms with Crippen molar-refractivity contribution in [2.24, 2.45) is 0 Å². The summed E-state index contributed by atoms with van der Waals surface area (Å²) in [6.45, 7) is 1.26. The van der Waals surface area contributed by atoms with E-state index in [9.17, 15) is 13.2 Å². The molecule has 1 aliphatic rings. The fourth-order valence-corrected chi connectivity index (χ4v) is 4.09. The molecule has 5 nitrogen and oxygen atoms in total. The van der Waals surface area contributed by atoms with Crippen molar-refractivity contribution in [1.82, 2.24) is 9.97 Å². The van der Waals surface area contributed by atoms with Crippen LogP contribution in [0.2, 0.25) is 0 Å². The van der Waals surface area contributed by atoms with Gasteiger partial charge in [0, 0.05) is 35.2 Å². The normalized spacial score (nSPS) is 13.4. The molecule has 2 aromatic heterocycles. The van der Waals surface area contributed by atoms with Crippen LogP contribution in [0.5, 0.6) is 23.1 Å². The molecule has 0 aliphatic carbocycles. The second-order valence-corrected chi connectivity index (χ2v) is 8.12. The Bertz CT molecular complexity index is 1260. The van der Waals surface area contributed by atoms with Crippen LogP contribution >= 0.6 is 11.3 Å². The summed E-state index contributed by atoms with van der Waals surface area (Å²) in [5.74, 6) is 2.01. The van der Waals surface area contributed by atoms with E-state index in [0.717, 1.165) is 52.0 Å². The average molecular weight is 470 g/mol. The number of alkyl halides is 3. The van der Waals surface area contributed by atoms with E-state index in [1.165, 1.54) is 17.4 Å². The molecule has 0 saturated heterocycles. The van der Waals surface area contributed by atoms with Gasteiger partial charge in [-0.1, -0.05) is 0 Å². The van der Waals surface area contributed by atoms with Crippen LogP contribution in [0.4, 0.5) is 13.2 Å². The minimum absolute atomic E-state index is 0.0849. The summed E-state index contributed by atoms with van der Waals surface area (Å²) in [6, 6.07) is 15.1. The number of aromatic nitrogens is 2. The molecular formula is C24H17F3N2O3S. The zero-order valence-electron chi connectivity index (χ0n) is 17.1. The van der Waals surface area contributed by atoms with E-state index in [1.807, 2.05) is 35.7 Å². The topological polar surface area (TPSA) is 53.5 Å². The lowest BCUT2D eigenvalue weighted by Gasteiger charge is -2.08. The van der Waals surface area contributed by atoms with Crippen LogP contribution in [0, 0.1) is 0 Å². The van der Waals surface area contributed by atoms with Crippen molar-refractivity contribution in [3.63, 3.8) is 0 Å². The number of hydrogen-bond donors (Lipinski definition) is 0. The third-order valence-corrected chi connectivity index (χ3v) is 5.83. The molecule has 2 aromatic carbocycles. The Morgan fingerprint density at radius 2 is 1.64 bits per heavy atom. The third kappa shape index (κ3) is 4.78. The Morgan fingerprint density at radius 1 is 0.879 bits per heavy atom. The summed E-state index contributed by atoms with van der Waals surface area (Å²) in [5.41, 5.74) is 1.85. The van der Waals surface area contributed by atoms with Crippen LogP contribution < -0.4 is 14.2 Å². The first-order valence-corrected chi connectivity index (χ1v) is 11.0. The molecule has 5 rings (SSSR count). The number of ether oxygens (including phenoxy) is 3. The van der Waals surface area contributed by atoms with Gasteiger partial charge in [0.15, 0.2) is 11.5 Å². The Balaban J connectivity index is 1.30. The lowest BCUT2D eigenvalue weighted by Crippen LogP contribution is -2.05. The Hall–Kier alpha value is -3.59. The predicted octanol–water partition coefficient (Wildman–Crippen LogP) is 6.84. The second kappa shape index (κ2) is 8.74. The number of hydrogen-bond acceptors (Lipinski definition) is 6. The molecule has 0 radical (unpaired) electrons. The van der Waals surface area contributed by atoms with Crippen molar-refractivity contribution in [2.75, 3.05) is 13.2 Å². The van der Waals surface area contributed by atoms with E-state index < -0.39 is 11.7 Å². The summed E-state index contributed by atoms with van der Waals surface area (Å²) in [5, 5.41) is 2.81. The number of nitrogens with zero attached hydrogens (tertiary/aromatic N) is 2. The molecule has 0 atom stereocenters. The largest absolute Gasteiger partial charge is 0.490 e. The van der Waals surface area contributed by atoms with Gasteiger partial charge in [-0.25, -0.2) is 9.97 Å². The zero-order chi connectivity index (χ0) is 22.8.